The van der Waals surface area contributed by atoms with Crippen molar-refractivity contribution in [3.63, 3.8) is 0 Å². The van der Waals surface area contributed by atoms with E-state index in [2.05, 4.69) is 37.9 Å². The average molecular weight is 224 g/mol. The highest BCUT2D eigenvalue weighted by atomic mass is 15.2. The fourth-order valence-electron chi connectivity index (χ4n) is 3.47. The van der Waals surface area contributed by atoms with Crippen molar-refractivity contribution < 1.29 is 0 Å². The van der Waals surface area contributed by atoms with Gasteiger partial charge in [0, 0.05) is 31.2 Å². The number of nitrogens with zero attached hydrogens (tertiary/aromatic N) is 1. The molecule has 2 rings (SSSR count). The first-order chi connectivity index (χ1) is 7.57. The molecule has 2 aliphatic rings. The lowest BCUT2D eigenvalue weighted by Gasteiger charge is -2.46. The maximum Gasteiger partial charge on any atom is 0.0309 e. The minimum absolute atomic E-state index is 0.403. The summed E-state index contributed by atoms with van der Waals surface area (Å²) in [5.74, 6) is 1.73. The molecule has 0 bridgehead atoms. The van der Waals surface area contributed by atoms with Crippen molar-refractivity contribution in [2.24, 2.45) is 11.8 Å². The van der Waals surface area contributed by atoms with E-state index >= 15 is 0 Å². The number of piperazine rings is 1. The van der Waals surface area contributed by atoms with Crippen LogP contribution in [-0.2, 0) is 0 Å². The highest BCUT2D eigenvalue weighted by Crippen LogP contribution is 2.41. The maximum absolute atomic E-state index is 3.76. The van der Waals surface area contributed by atoms with Gasteiger partial charge in [-0.1, -0.05) is 20.8 Å². The summed E-state index contributed by atoms with van der Waals surface area (Å²) in [7, 11) is 0. The fourth-order valence-corrected chi connectivity index (χ4v) is 3.47. The van der Waals surface area contributed by atoms with Crippen molar-refractivity contribution in [3.8, 4) is 0 Å². The zero-order valence-electron chi connectivity index (χ0n) is 11.4. The Bertz CT molecular complexity index is 235. The molecule has 2 fully saturated rings. The number of rotatable bonds is 4. The Morgan fingerprint density at radius 3 is 2.56 bits per heavy atom. The molecule has 2 nitrogen and oxygen atoms in total. The van der Waals surface area contributed by atoms with Crippen LogP contribution in [-0.4, -0.2) is 36.1 Å². The normalized spacial score (nSPS) is 34.3. The van der Waals surface area contributed by atoms with Crippen molar-refractivity contribution in [1.82, 2.24) is 10.2 Å². The second kappa shape index (κ2) is 4.66. The molecular formula is C14H28N2. The topological polar surface area (TPSA) is 15.3 Å². The Morgan fingerprint density at radius 1 is 1.38 bits per heavy atom. The van der Waals surface area contributed by atoms with Gasteiger partial charge in [-0.2, -0.15) is 0 Å². The van der Waals surface area contributed by atoms with E-state index in [4.69, 9.17) is 0 Å². The van der Waals surface area contributed by atoms with Crippen LogP contribution in [0.4, 0.5) is 0 Å². The molecule has 0 aromatic heterocycles. The number of nitrogens with one attached hydrogen (secondary N) is 1. The van der Waals surface area contributed by atoms with Gasteiger partial charge >= 0.3 is 0 Å². The van der Waals surface area contributed by atoms with Gasteiger partial charge in [-0.05, 0) is 38.0 Å². The van der Waals surface area contributed by atoms with Gasteiger partial charge in [0.05, 0.1) is 0 Å². The molecule has 1 aliphatic heterocycles. The Labute approximate surface area is 101 Å². The van der Waals surface area contributed by atoms with E-state index in [0.29, 0.717) is 5.54 Å². The van der Waals surface area contributed by atoms with E-state index in [1.165, 1.54) is 38.9 Å². The lowest BCUT2D eigenvalue weighted by atomic mass is 9.90. The molecule has 0 spiro atoms. The van der Waals surface area contributed by atoms with Crippen molar-refractivity contribution in [2.45, 2.75) is 58.5 Å². The largest absolute Gasteiger partial charge is 0.309 e. The monoisotopic (exact) mass is 224 g/mol. The first-order valence-corrected chi connectivity index (χ1v) is 7.06. The lowest BCUT2D eigenvalue weighted by Crippen LogP contribution is -2.62. The summed E-state index contributed by atoms with van der Waals surface area (Å²) >= 11 is 0. The average Bonchev–Trinajstić information content (AvgIpc) is 3.01. The van der Waals surface area contributed by atoms with Crippen LogP contribution >= 0.6 is 0 Å². The van der Waals surface area contributed by atoms with Crippen LogP contribution in [0, 0.1) is 11.8 Å². The van der Waals surface area contributed by atoms with Gasteiger partial charge in [0.1, 0.15) is 0 Å². The number of hydrogen-bond acceptors (Lipinski definition) is 2. The molecule has 0 aromatic carbocycles. The molecule has 0 radical (unpaired) electrons. The van der Waals surface area contributed by atoms with E-state index < -0.39 is 0 Å². The van der Waals surface area contributed by atoms with Crippen LogP contribution < -0.4 is 5.32 Å². The minimum atomic E-state index is 0.403. The van der Waals surface area contributed by atoms with Crippen molar-refractivity contribution in [2.75, 3.05) is 19.6 Å². The molecule has 2 atom stereocenters. The molecule has 0 aromatic rings. The van der Waals surface area contributed by atoms with E-state index in [0.717, 1.165) is 17.9 Å². The van der Waals surface area contributed by atoms with Gasteiger partial charge < -0.3 is 5.32 Å². The first-order valence-electron chi connectivity index (χ1n) is 7.06. The van der Waals surface area contributed by atoms with Gasteiger partial charge in [0.25, 0.3) is 0 Å². The molecule has 1 heterocycles. The maximum atomic E-state index is 3.76. The van der Waals surface area contributed by atoms with Crippen molar-refractivity contribution >= 4 is 0 Å². The van der Waals surface area contributed by atoms with Crippen LogP contribution in [0.2, 0.25) is 0 Å². The quantitative estimate of drug-likeness (QED) is 0.789. The first kappa shape index (κ1) is 12.4. The highest BCUT2D eigenvalue weighted by Gasteiger charge is 2.44. The Kier molecular flexibility index (Phi) is 3.60. The Morgan fingerprint density at radius 2 is 2.06 bits per heavy atom. The zero-order chi connectivity index (χ0) is 11.8. The molecule has 1 N–H and O–H groups in total. The zero-order valence-corrected chi connectivity index (χ0v) is 11.4. The summed E-state index contributed by atoms with van der Waals surface area (Å²) in [6, 6.07) is 0.778. The summed E-state index contributed by atoms with van der Waals surface area (Å²) in [6.45, 7) is 13.2. The fraction of sp³-hybridized carbons (Fsp3) is 1.00. The molecule has 2 unspecified atom stereocenters. The summed E-state index contributed by atoms with van der Waals surface area (Å²) in [4.78, 5) is 2.74. The van der Waals surface area contributed by atoms with Crippen LogP contribution in [0.15, 0.2) is 0 Å². The summed E-state index contributed by atoms with van der Waals surface area (Å²) in [5, 5.41) is 3.76. The third-order valence-electron chi connectivity index (χ3n) is 4.59. The molecule has 0 amide bonds. The van der Waals surface area contributed by atoms with E-state index in [1.807, 2.05) is 0 Å². The highest BCUT2D eigenvalue weighted by molar-refractivity contribution is 5.02. The van der Waals surface area contributed by atoms with E-state index in [-0.39, 0.29) is 0 Å². The molecule has 16 heavy (non-hydrogen) atoms. The standard InChI is InChI=1S/C14H28N2/c1-5-13(11(2)3)16-9-8-15-14(4,10-16)12-6-7-12/h11-13,15H,5-10H2,1-4H3. The second-order valence-electron chi connectivity index (χ2n) is 6.31. The molecule has 94 valence electrons. The smallest absolute Gasteiger partial charge is 0.0309 e. The van der Waals surface area contributed by atoms with Crippen molar-refractivity contribution in [1.29, 1.82) is 0 Å². The van der Waals surface area contributed by atoms with Crippen LogP contribution in [0.3, 0.4) is 0 Å². The third kappa shape index (κ3) is 2.43. The van der Waals surface area contributed by atoms with Gasteiger partial charge in [0.15, 0.2) is 0 Å². The number of hydrogen-bond donors (Lipinski definition) is 1. The lowest BCUT2D eigenvalue weighted by molar-refractivity contribution is 0.0660. The van der Waals surface area contributed by atoms with Crippen LogP contribution in [0.25, 0.3) is 0 Å². The van der Waals surface area contributed by atoms with Crippen LogP contribution in [0.1, 0.15) is 47.0 Å². The minimum Gasteiger partial charge on any atom is -0.309 e. The van der Waals surface area contributed by atoms with E-state index in [1.54, 1.807) is 0 Å². The Hall–Kier alpha value is -0.0800. The second-order valence-corrected chi connectivity index (χ2v) is 6.31. The van der Waals surface area contributed by atoms with Crippen LogP contribution in [0.5, 0.6) is 0 Å². The SMILES string of the molecule is CCC(C(C)C)N1CCNC(C)(C2CC2)C1. The Balaban J connectivity index is 2.00. The molecule has 1 aliphatic carbocycles. The van der Waals surface area contributed by atoms with Gasteiger partial charge in [-0.25, -0.2) is 0 Å². The predicted octanol–water partition coefficient (Wildman–Crippen LogP) is 2.49. The summed E-state index contributed by atoms with van der Waals surface area (Å²) in [6.07, 6.45) is 4.17. The summed E-state index contributed by atoms with van der Waals surface area (Å²) in [5.41, 5.74) is 0.403. The molecule has 2 heteroatoms. The summed E-state index contributed by atoms with van der Waals surface area (Å²) < 4.78 is 0. The molecule has 1 saturated carbocycles. The van der Waals surface area contributed by atoms with Gasteiger partial charge in [0.2, 0.25) is 0 Å². The molecule has 1 saturated heterocycles. The predicted molar refractivity (Wildman–Crippen MR) is 69.6 cm³/mol. The van der Waals surface area contributed by atoms with Gasteiger partial charge in [-0.3, -0.25) is 4.90 Å². The molecular weight excluding hydrogens is 196 g/mol. The van der Waals surface area contributed by atoms with Crippen molar-refractivity contribution in [3.05, 3.63) is 0 Å². The van der Waals surface area contributed by atoms with Gasteiger partial charge in [-0.15, -0.1) is 0 Å². The third-order valence-corrected chi connectivity index (χ3v) is 4.59. The van der Waals surface area contributed by atoms with E-state index in [9.17, 15) is 0 Å².